The van der Waals surface area contributed by atoms with Gasteiger partial charge in [-0.2, -0.15) is 0 Å². The Labute approximate surface area is 213 Å². The summed E-state index contributed by atoms with van der Waals surface area (Å²) in [5.41, 5.74) is 1.08. The standard InChI is InChI=1S/C25H34N4O3.HI/c1-4-26-25(28-14-17-5-9-20(10-6-17)32-15-16(2)3)27-11-12-29-23(30)21-18-7-8-19(13-18)22(21)24(29)31;/h5-10,16,18-19,21-22H,4,11-15H2,1-3H3,(H2,26,27,28);1H. The molecule has 2 amide bonds. The van der Waals surface area contributed by atoms with Crippen molar-refractivity contribution in [2.24, 2.45) is 34.6 Å². The number of fused-ring (bicyclic) bond motifs is 5. The fourth-order valence-electron chi connectivity index (χ4n) is 4.94. The summed E-state index contributed by atoms with van der Waals surface area (Å²) in [6.07, 6.45) is 5.20. The van der Waals surface area contributed by atoms with E-state index in [-0.39, 0.29) is 59.5 Å². The molecular formula is C25H35IN4O3. The van der Waals surface area contributed by atoms with Crippen molar-refractivity contribution in [1.29, 1.82) is 0 Å². The number of imide groups is 1. The maximum atomic E-state index is 12.8. The molecule has 180 valence electrons. The Morgan fingerprint density at radius 2 is 1.73 bits per heavy atom. The highest BCUT2D eigenvalue weighted by atomic mass is 127. The van der Waals surface area contributed by atoms with Crippen LogP contribution in [-0.4, -0.2) is 48.9 Å². The van der Waals surface area contributed by atoms with Gasteiger partial charge in [0.1, 0.15) is 5.75 Å². The first kappa shape index (κ1) is 25.5. The van der Waals surface area contributed by atoms with Crippen molar-refractivity contribution in [3.8, 4) is 5.75 Å². The zero-order valence-electron chi connectivity index (χ0n) is 19.6. The minimum absolute atomic E-state index is 0. The van der Waals surface area contributed by atoms with E-state index in [2.05, 4.69) is 41.6 Å². The normalized spacial score (nSPS) is 25.5. The van der Waals surface area contributed by atoms with Crippen LogP contribution in [0.1, 0.15) is 32.8 Å². The first-order chi connectivity index (χ1) is 15.5. The van der Waals surface area contributed by atoms with E-state index in [1.165, 1.54) is 4.90 Å². The van der Waals surface area contributed by atoms with Gasteiger partial charge in [0.25, 0.3) is 0 Å². The van der Waals surface area contributed by atoms with Crippen LogP contribution >= 0.6 is 24.0 Å². The molecule has 0 spiro atoms. The van der Waals surface area contributed by atoms with E-state index in [1.54, 1.807) is 0 Å². The third-order valence-electron chi connectivity index (χ3n) is 6.46. The number of nitrogens with one attached hydrogen (secondary N) is 2. The second-order valence-electron chi connectivity index (χ2n) is 9.30. The lowest BCUT2D eigenvalue weighted by molar-refractivity contribution is -0.140. The van der Waals surface area contributed by atoms with E-state index in [1.807, 2.05) is 31.2 Å². The van der Waals surface area contributed by atoms with Crippen molar-refractivity contribution < 1.29 is 14.3 Å². The van der Waals surface area contributed by atoms with E-state index < -0.39 is 0 Å². The first-order valence-corrected chi connectivity index (χ1v) is 11.8. The Hall–Kier alpha value is -2.10. The zero-order valence-corrected chi connectivity index (χ0v) is 22.0. The van der Waals surface area contributed by atoms with Gasteiger partial charge in [-0.25, -0.2) is 4.99 Å². The lowest BCUT2D eigenvalue weighted by Crippen LogP contribution is -2.43. The fourth-order valence-corrected chi connectivity index (χ4v) is 4.94. The van der Waals surface area contributed by atoms with E-state index in [0.29, 0.717) is 38.1 Å². The molecule has 33 heavy (non-hydrogen) atoms. The second kappa shape index (κ2) is 11.4. The molecule has 0 radical (unpaired) electrons. The molecule has 1 saturated heterocycles. The molecule has 1 aromatic carbocycles. The van der Waals surface area contributed by atoms with Gasteiger partial charge >= 0.3 is 0 Å². The third-order valence-corrected chi connectivity index (χ3v) is 6.46. The van der Waals surface area contributed by atoms with E-state index in [4.69, 9.17) is 4.74 Å². The molecule has 1 aliphatic heterocycles. The molecule has 4 unspecified atom stereocenters. The number of nitrogens with zero attached hydrogens (tertiary/aromatic N) is 2. The van der Waals surface area contributed by atoms with Crippen LogP contribution in [0.5, 0.6) is 5.75 Å². The number of amides is 2. The number of carbonyl (C=O) groups excluding carboxylic acids is 2. The van der Waals surface area contributed by atoms with Crippen LogP contribution in [0, 0.1) is 29.6 Å². The molecule has 8 heteroatoms. The summed E-state index contributed by atoms with van der Waals surface area (Å²) < 4.78 is 5.73. The van der Waals surface area contributed by atoms with Gasteiger partial charge in [0.05, 0.1) is 25.0 Å². The molecule has 2 bridgehead atoms. The van der Waals surface area contributed by atoms with Gasteiger partial charge in [-0.05, 0) is 48.8 Å². The summed E-state index contributed by atoms with van der Waals surface area (Å²) >= 11 is 0. The largest absolute Gasteiger partial charge is 0.493 e. The van der Waals surface area contributed by atoms with Gasteiger partial charge in [0.15, 0.2) is 5.96 Å². The van der Waals surface area contributed by atoms with Crippen LogP contribution in [0.3, 0.4) is 0 Å². The van der Waals surface area contributed by atoms with E-state index >= 15 is 0 Å². The molecule has 4 atom stereocenters. The van der Waals surface area contributed by atoms with Crippen LogP contribution in [0.4, 0.5) is 0 Å². The van der Waals surface area contributed by atoms with Crippen LogP contribution < -0.4 is 15.4 Å². The number of aliphatic imine (C=N–C) groups is 1. The third kappa shape index (κ3) is 5.70. The minimum Gasteiger partial charge on any atom is -0.493 e. The van der Waals surface area contributed by atoms with Gasteiger partial charge < -0.3 is 15.4 Å². The van der Waals surface area contributed by atoms with Crippen molar-refractivity contribution in [3.05, 3.63) is 42.0 Å². The minimum atomic E-state index is -0.133. The van der Waals surface area contributed by atoms with Crippen molar-refractivity contribution in [3.63, 3.8) is 0 Å². The van der Waals surface area contributed by atoms with Gasteiger partial charge in [-0.15, -0.1) is 24.0 Å². The second-order valence-corrected chi connectivity index (χ2v) is 9.30. The number of allylic oxidation sites excluding steroid dienone is 2. The highest BCUT2D eigenvalue weighted by Gasteiger charge is 2.58. The Morgan fingerprint density at radius 1 is 1.09 bits per heavy atom. The fraction of sp³-hybridized carbons (Fsp3) is 0.560. The monoisotopic (exact) mass is 566 g/mol. The quantitative estimate of drug-likeness (QED) is 0.158. The predicted molar refractivity (Wildman–Crippen MR) is 139 cm³/mol. The highest BCUT2D eigenvalue weighted by molar-refractivity contribution is 14.0. The number of likely N-dealkylation sites (tertiary alicyclic amines) is 1. The van der Waals surface area contributed by atoms with Gasteiger partial charge in [0, 0.05) is 19.6 Å². The van der Waals surface area contributed by atoms with Crippen LogP contribution in [0.2, 0.25) is 0 Å². The number of hydrogen-bond donors (Lipinski definition) is 2. The predicted octanol–water partition coefficient (Wildman–Crippen LogP) is 3.20. The highest BCUT2D eigenvalue weighted by Crippen LogP contribution is 2.52. The molecule has 0 aromatic heterocycles. The lowest BCUT2D eigenvalue weighted by atomic mass is 9.85. The van der Waals surface area contributed by atoms with Crippen LogP contribution in [-0.2, 0) is 16.1 Å². The number of halogens is 1. The van der Waals surface area contributed by atoms with Crippen LogP contribution in [0.15, 0.2) is 41.4 Å². The summed E-state index contributed by atoms with van der Waals surface area (Å²) in [6.45, 7) is 9.07. The Morgan fingerprint density at radius 3 is 2.30 bits per heavy atom. The average Bonchev–Trinajstić information content (AvgIpc) is 3.46. The van der Waals surface area contributed by atoms with Crippen molar-refractivity contribution in [1.82, 2.24) is 15.5 Å². The Bertz CT molecular complexity index is 869. The summed E-state index contributed by atoms with van der Waals surface area (Å²) in [5, 5.41) is 6.48. The van der Waals surface area contributed by atoms with Gasteiger partial charge in [-0.1, -0.05) is 38.1 Å². The van der Waals surface area contributed by atoms with Crippen molar-refractivity contribution in [2.45, 2.75) is 33.7 Å². The number of benzene rings is 1. The smallest absolute Gasteiger partial charge is 0.233 e. The number of carbonyl (C=O) groups is 2. The van der Waals surface area contributed by atoms with E-state index in [9.17, 15) is 9.59 Å². The summed E-state index contributed by atoms with van der Waals surface area (Å²) in [6, 6.07) is 7.98. The molecule has 3 aliphatic rings. The topological polar surface area (TPSA) is 83.0 Å². The zero-order chi connectivity index (χ0) is 22.7. The maximum absolute atomic E-state index is 12.8. The van der Waals surface area contributed by atoms with Gasteiger partial charge in [-0.3, -0.25) is 14.5 Å². The molecule has 2 N–H and O–H groups in total. The van der Waals surface area contributed by atoms with Crippen molar-refractivity contribution in [2.75, 3.05) is 26.2 Å². The summed E-state index contributed by atoms with van der Waals surface area (Å²) in [4.78, 5) is 31.7. The molecule has 2 aliphatic carbocycles. The molecule has 1 saturated carbocycles. The molecule has 4 rings (SSSR count). The average molecular weight is 566 g/mol. The lowest BCUT2D eigenvalue weighted by Gasteiger charge is -2.18. The number of rotatable bonds is 9. The SMILES string of the molecule is CCNC(=NCc1ccc(OCC(C)C)cc1)NCCN1C(=O)C2C3C=CC(C3)C2C1=O.I. The summed E-state index contributed by atoms with van der Waals surface area (Å²) in [7, 11) is 0. The van der Waals surface area contributed by atoms with Crippen LogP contribution in [0.25, 0.3) is 0 Å². The summed E-state index contributed by atoms with van der Waals surface area (Å²) in [5.74, 6) is 2.27. The number of hydrogen-bond acceptors (Lipinski definition) is 4. The molecule has 1 heterocycles. The molecule has 7 nitrogen and oxygen atoms in total. The Kier molecular flexibility index (Phi) is 8.78. The molecular weight excluding hydrogens is 531 g/mol. The molecule has 2 fully saturated rings. The van der Waals surface area contributed by atoms with E-state index in [0.717, 1.165) is 24.3 Å². The Balaban J connectivity index is 0.00000306. The number of guanidine groups is 1. The molecule has 1 aromatic rings. The first-order valence-electron chi connectivity index (χ1n) is 11.8. The van der Waals surface area contributed by atoms with Crippen molar-refractivity contribution >= 4 is 41.8 Å². The maximum Gasteiger partial charge on any atom is 0.233 e. The van der Waals surface area contributed by atoms with Gasteiger partial charge in [0.2, 0.25) is 11.8 Å². The number of ether oxygens (including phenoxy) is 1.